The van der Waals surface area contributed by atoms with Gasteiger partial charge in [0.25, 0.3) is 0 Å². The lowest BCUT2D eigenvalue weighted by Crippen LogP contribution is -2.60. The van der Waals surface area contributed by atoms with Crippen molar-refractivity contribution in [3.63, 3.8) is 0 Å². The summed E-state index contributed by atoms with van der Waals surface area (Å²) in [7, 11) is 0. The average molecular weight is 507 g/mol. The molecule has 3 rings (SSSR count). The molecule has 11 nitrogen and oxygen atoms in total. The van der Waals surface area contributed by atoms with Crippen LogP contribution in [0, 0.1) is 5.41 Å². The first-order chi connectivity index (χ1) is 16.3. The zero-order chi connectivity index (χ0) is 26.1. The first-order valence-electron chi connectivity index (χ1n) is 12.3. The summed E-state index contributed by atoms with van der Waals surface area (Å²) in [5, 5.41) is 70.6. The summed E-state index contributed by atoms with van der Waals surface area (Å²) < 4.78 is 22.2. The normalized spacial score (nSPS) is 42.9. The maximum Gasteiger partial charge on any atom is 0.186 e. The fourth-order valence-corrected chi connectivity index (χ4v) is 5.33. The van der Waals surface area contributed by atoms with E-state index in [1.807, 2.05) is 13.8 Å². The van der Waals surface area contributed by atoms with Crippen LogP contribution in [-0.4, -0.2) is 116 Å². The summed E-state index contributed by atoms with van der Waals surface area (Å²) in [4.78, 5) is 0. The quantitative estimate of drug-likeness (QED) is 0.189. The van der Waals surface area contributed by atoms with Crippen molar-refractivity contribution in [1.82, 2.24) is 0 Å². The van der Waals surface area contributed by atoms with E-state index in [0.717, 1.165) is 6.42 Å². The minimum Gasteiger partial charge on any atom is -0.393 e. The Morgan fingerprint density at radius 3 is 2.34 bits per heavy atom. The average Bonchev–Trinajstić information content (AvgIpc) is 3.06. The standard InChI is InChI=1S/C24H42O11/c1-12-7-14(26)8-23(3,4)15(12)6-5-13(2)34-21-19(29)18(28)17(27)16(35-21)9-32-22-20(30)24(31,10-25)11-33-22/h13-14,16-22,25-31H,5-11H2,1-4H3/t13?,14-,16-,17-,18+,19-,20+,21-,22-,24-/m1/s1. The van der Waals surface area contributed by atoms with Crippen LogP contribution in [0.15, 0.2) is 11.1 Å². The molecule has 2 heterocycles. The van der Waals surface area contributed by atoms with E-state index in [2.05, 4.69) is 13.8 Å². The molecule has 0 spiro atoms. The highest BCUT2D eigenvalue weighted by Gasteiger charge is 2.50. The van der Waals surface area contributed by atoms with Crippen molar-refractivity contribution < 1.29 is 54.7 Å². The molecule has 0 saturated carbocycles. The van der Waals surface area contributed by atoms with Crippen LogP contribution in [0.4, 0.5) is 0 Å². The number of allylic oxidation sites excluding steroid dienone is 1. The van der Waals surface area contributed by atoms with Crippen LogP contribution < -0.4 is 0 Å². The van der Waals surface area contributed by atoms with Gasteiger partial charge in [-0.1, -0.05) is 25.0 Å². The van der Waals surface area contributed by atoms with Crippen molar-refractivity contribution in [3.05, 3.63) is 11.1 Å². The molecule has 2 fully saturated rings. The SMILES string of the molecule is CC1=C(CCC(C)O[C@@H]2O[C@H](CO[C@@H]3OC[C@](O)(CO)[C@H]3O)[C@@H](O)[C@H](O)[C@H]2O)C(C)(C)C[C@H](O)C1. The molecule has 0 amide bonds. The Morgan fingerprint density at radius 1 is 1.06 bits per heavy atom. The largest absolute Gasteiger partial charge is 0.393 e. The zero-order valence-electron chi connectivity index (χ0n) is 20.9. The summed E-state index contributed by atoms with van der Waals surface area (Å²) in [5.74, 6) is 0. The van der Waals surface area contributed by atoms with Crippen molar-refractivity contribution >= 4 is 0 Å². The topological polar surface area (TPSA) is 179 Å². The Balaban J connectivity index is 1.55. The van der Waals surface area contributed by atoms with E-state index < -0.39 is 55.3 Å². The van der Waals surface area contributed by atoms with Gasteiger partial charge < -0.3 is 54.7 Å². The highest BCUT2D eigenvalue weighted by atomic mass is 16.7. The fourth-order valence-electron chi connectivity index (χ4n) is 5.33. The molecule has 0 aromatic heterocycles. The first kappa shape index (κ1) is 28.9. The van der Waals surface area contributed by atoms with Gasteiger partial charge in [0.2, 0.25) is 0 Å². The van der Waals surface area contributed by atoms with Gasteiger partial charge in [-0.2, -0.15) is 0 Å². The summed E-state index contributed by atoms with van der Waals surface area (Å²) in [6.07, 6.45) is -7.60. The molecule has 3 aliphatic rings. The lowest BCUT2D eigenvalue weighted by molar-refractivity contribution is -0.317. The van der Waals surface area contributed by atoms with E-state index >= 15 is 0 Å². The molecule has 0 radical (unpaired) electrons. The van der Waals surface area contributed by atoms with Crippen molar-refractivity contribution in [2.45, 2.75) is 114 Å². The highest BCUT2D eigenvalue weighted by molar-refractivity contribution is 5.24. The molecule has 0 aromatic rings. The molecular formula is C24H42O11. The third kappa shape index (κ3) is 6.42. The molecule has 7 N–H and O–H groups in total. The van der Waals surface area contributed by atoms with Crippen LogP contribution in [0.2, 0.25) is 0 Å². The second-order valence-corrected chi connectivity index (χ2v) is 10.9. The summed E-state index contributed by atoms with van der Waals surface area (Å²) >= 11 is 0. The molecule has 204 valence electrons. The maximum atomic E-state index is 10.4. The third-order valence-corrected chi connectivity index (χ3v) is 7.46. The van der Waals surface area contributed by atoms with Crippen LogP contribution in [0.3, 0.4) is 0 Å². The Kier molecular flexibility index (Phi) is 9.37. The second kappa shape index (κ2) is 11.4. The molecule has 2 saturated heterocycles. The van der Waals surface area contributed by atoms with Crippen molar-refractivity contribution in [1.29, 1.82) is 0 Å². The van der Waals surface area contributed by atoms with Crippen LogP contribution in [-0.2, 0) is 18.9 Å². The summed E-state index contributed by atoms with van der Waals surface area (Å²) in [5.41, 5.74) is 0.477. The number of hydrogen-bond donors (Lipinski definition) is 7. The van der Waals surface area contributed by atoms with E-state index in [-0.39, 0.29) is 30.8 Å². The Morgan fingerprint density at radius 2 is 1.74 bits per heavy atom. The predicted octanol–water partition coefficient (Wildman–Crippen LogP) is -1.07. The molecular weight excluding hydrogens is 464 g/mol. The van der Waals surface area contributed by atoms with Crippen LogP contribution in [0.5, 0.6) is 0 Å². The third-order valence-electron chi connectivity index (χ3n) is 7.46. The summed E-state index contributed by atoms with van der Waals surface area (Å²) in [6, 6.07) is 0. The van der Waals surface area contributed by atoms with Crippen molar-refractivity contribution in [2.24, 2.45) is 5.41 Å². The van der Waals surface area contributed by atoms with E-state index in [0.29, 0.717) is 19.3 Å². The summed E-state index contributed by atoms with van der Waals surface area (Å²) in [6.45, 7) is 6.71. The van der Waals surface area contributed by atoms with E-state index in [4.69, 9.17) is 18.9 Å². The minimum absolute atomic E-state index is 0.125. The molecule has 35 heavy (non-hydrogen) atoms. The van der Waals surface area contributed by atoms with Crippen LogP contribution in [0.25, 0.3) is 0 Å². The van der Waals surface area contributed by atoms with Gasteiger partial charge in [-0.05, 0) is 44.9 Å². The number of aliphatic hydroxyl groups is 7. The molecule has 2 aliphatic heterocycles. The van der Waals surface area contributed by atoms with Gasteiger partial charge in [0.05, 0.1) is 32.0 Å². The predicted molar refractivity (Wildman–Crippen MR) is 122 cm³/mol. The minimum atomic E-state index is -1.85. The Labute approximate surface area is 205 Å². The molecule has 1 aliphatic carbocycles. The molecule has 11 heteroatoms. The lowest BCUT2D eigenvalue weighted by Gasteiger charge is -2.41. The van der Waals surface area contributed by atoms with Gasteiger partial charge in [-0.25, -0.2) is 0 Å². The molecule has 0 bridgehead atoms. The van der Waals surface area contributed by atoms with Crippen LogP contribution in [0.1, 0.15) is 53.4 Å². The number of rotatable bonds is 9. The number of aliphatic hydroxyl groups excluding tert-OH is 6. The first-order valence-corrected chi connectivity index (χ1v) is 12.3. The van der Waals surface area contributed by atoms with E-state index in [1.54, 1.807) is 0 Å². The fraction of sp³-hybridized carbons (Fsp3) is 0.917. The van der Waals surface area contributed by atoms with Gasteiger partial charge in [0, 0.05) is 0 Å². The zero-order valence-corrected chi connectivity index (χ0v) is 20.9. The van der Waals surface area contributed by atoms with Crippen molar-refractivity contribution in [3.8, 4) is 0 Å². The van der Waals surface area contributed by atoms with E-state index in [9.17, 15) is 35.7 Å². The molecule has 0 aromatic carbocycles. The molecule has 10 atom stereocenters. The van der Waals surface area contributed by atoms with Crippen LogP contribution >= 0.6 is 0 Å². The molecule has 1 unspecified atom stereocenters. The Hall–Kier alpha value is -0.700. The van der Waals surface area contributed by atoms with Crippen molar-refractivity contribution in [2.75, 3.05) is 19.8 Å². The highest BCUT2D eigenvalue weighted by Crippen LogP contribution is 2.42. The van der Waals surface area contributed by atoms with Gasteiger partial charge in [-0.3, -0.25) is 0 Å². The second-order valence-electron chi connectivity index (χ2n) is 10.9. The van der Waals surface area contributed by atoms with Gasteiger partial charge in [0.15, 0.2) is 12.6 Å². The van der Waals surface area contributed by atoms with Gasteiger partial charge in [0.1, 0.15) is 36.1 Å². The number of ether oxygens (including phenoxy) is 4. The van der Waals surface area contributed by atoms with Gasteiger partial charge >= 0.3 is 0 Å². The monoisotopic (exact) mass is 506 g/mol. The maximum absolute atomic E-state index is 10.4. The lowest BCUT2D eigenvalue weighted by atomic mass is 9.70. The Bertz CT molecular complexity index is 743. The smallest absolute Gasteiger partial charge is 0.186 e. The van der Waals surface area contributed by atoms with Gasteiger partial charge in [-0.15, -0.1) is 0 Å². The van der Waals surface area contributed by atoms with E-state index in [1.165, 1.54) is 11.1 Å². The number of hydrogen-bond acceptors (Lipinski definition) is 11.